The number of unbranched alkanes of at least 4 members (excludes halogenated alkanes) is 3. The normalized spacial score (nSPS) is 11.2. The summed E-state index contributed by atoms with van der Waals surface area (Å²) in [7, 11) is 1.62. The Balaban J connectivity index is 1.70. The van der Waals surface area contributed by atoms with E-state index in [-0.39, 0.29) is 5.82 Å². The van der Waals surface area contributed by atoms with Crippen molar-refractivity contribution in [1.29, 1.82) is 0 Å². The van der Waals surface area contributed by atoms with E-state index >= 15 is 0 Å². The van der Waals surface area contributed by atoms with E-state index in [1.807, 2.05) is 18.2 Å². The van der Waals surface area contributed by atoms with Crippen LogP contribution in [-0.4, -0.2) is 34.8 Å². The van der Waals surface area contributed by atoms with E-state index in [2.05, 4.69) is 22.2 Å². The standard InChI is InChI=1S/C23H27FN4O2S/c1-3-4-5-6-13-30-20-12-9-18(14-21(20)29-2)16-25-28-22(26-27-23(28)31)15-17-7-10-19(24)11-8-17/h7-12,14,16H,3-6,13,15H2,1-2H3,(H,27,31)/b25-16-. The highest BCUT2D eigenvalue weighted by atomic mass is 32.1. The van der Waals surface area contributed by atoms with Crippen molar-refractivity contribution in [3.05, 3.63) is 70.0 Å². The number of nitrogens with zero attached hydrogens (tertiary/aromatic N) is 3. The summed E-state index contributed by atoms with van der Waals surface area (Å²) in [6.45, 7) is 2.85. The van der Waals surface area contributed by atoms with Crippen molar-refractivity contribution in [2.45, 2.75) is 39.0 Å². The summed E-state index contributed by atoms with van der Waals surface area (Å²) < 4.78 is 26.4. The quantitative estimate of drug-likeness (QED) is 0.241. The fraction of sp³-hybridized carbons (Fsp3) is 0.348. The Kier molecular flexibility index (Phi) is 8.35. The molecule has 2 aromatic carbocycles. The average Bonchev–Trinajstić information content (AvgIpc) is 3.13. The molecule has 0 fully saturated rings. The van der Waals surface area contributed by atoms with Crippen LogP contribution in [0.25, 0.3) is 0 Å². The predicted octanol–water partition coefficient (Wildman–Crippen LogP) is 5.52. The summed E-state index contributed by atoms with van der Waals surface area (Å²) in [6.07, 6.45) is 6.76. The summed E-state index contributed by atoms with van der Waals surface area (Å²) >= 11 is 5.30. The van der Waals surface area contributed by atoms with Gasteiger partial charge in [-0.25, -0.2) is 4.39 Å². The van der Waals surface area contributed by atoms with Crippen molar-refractivity contribution in [3.8, 4) is 11.5 Å². The topological polar surface area (TPSA) is 64.4 Å². The number of rotatable bonds is 11. The number of hydrogen-bond acceptors (Lipinski definition) is 5. The maximum absolute atomic E-state index is 13.1. The molecular weight excluding hydrogens is 415 g/mol. The Hall–Kier alpha value is -3.00. The van der Waals surface area contributed by atoms with Crippen LogP contribution in [-0.2, 0) is 6.42 Å². The van der Waals surface area contributed by atoms with Gasteiger partial charge in [0.2, 0.25) is 4.77 Å². The van der Waals surface area contributed by atoms with Crippen LogP contribution in [0.3, 0.4) is 0 Å². The molecule has 0 saturated carbocycles. The van der Waals surface area contributed by atoms with E-state index < -0.39 is 0 Å². The largest absolute Gasteiger partial charge is 0.493 e. The van der Waals surface area contributed by atoms with Crippen molar-refractivity contribution in [3.63, 3.8) is 0 Å². The number of nitrogens with one attached hydrogen (secondary N) is 1. The average molecular weight is 443 g/mol. The first-order valence-electron chi connectivity index (χ1n) is 10.4. The first-order valence-corrected chi connectivity index (χ1v) is 10.8. The second-order valence-electron chi connectivity index (χ2n) is 7.12. The molecule has 0 amide bonds. The number of ether oxygens (including phenoxy) is 2. The van der Waals surface area contributed by atoms with Gasteiger partial charge in [-0.3, -0.25) is 5.10 Å². The van der Waals surface area contributed by atoms with E-state index in [4.69, 9.17) is 21.7 Å². The minimum Gasteiger partial charge on any atom is -0.493 e. The Bertz CT molecular complexity index is 1060. The third-order valence-corrected chi connectivity index (χ3v) is 5.02. The number of methoxy groups -OCH3 is 1. The molecule has 0 aliphatic heterocycles. The van der Waals surface area contributed by atoms with E-state index in [0.29, 0.717) is 35.1 Å². The number of halogens is 1. The molecule has 6 nitrogen and oxygen atoms in total. The summed E-state index contributed by atoms with van der Waals surface area (Å²) in [6, 6.07) is 11.9. The van der Waals surface area contributed by atoms with E-state index in [1.165, 1.54) is 25.0 Å². The molecule has 0 spiro atoms. The molecule has 0 atom stereocenters. The zero-order valence-corrected chi connectivity index (χ0v) is 18.6. The van der Waals surface area contributed by atoms with Gasteiger partial charge >= 0.3 is 0 Å². The van der Waals surface area contributed by atoms with E-state index in [1.54, 1.807) is 30.1 Å². The molecule has 3 aromatic rings. The van der Waals surface area contributed by atoms with Crippen LogP contribution in [0.15, 0.2) is 47.6 Å². The van der Waals surface area contributed by atoms with Gasteiger partial charge < -0.3 is 9.47 Å². The SMILES string of the molecule is CCCCCCOc1ccc(/C=N\n2c(Cc3ccc(F)cc3)n[nH]c2=S)cc1OC. The first-order chi connectivity index (χ1) is 15.1. The molecule has 0 saturated heterocycles. The fourth-order valence-corrected chi connectivity index (χ4v) is 3.26. The predicted molar refractivity (Wildman–Crippen MR) is 122 cm³/mol. The number of hydrogen-bond donors (Lipinski definition) is 1. The zero-order valence-electron chi connectivity index (χ0n) is 17.8. The number of benzene rings is 2. The highest BCUT2D eigenvalue weighted by Crippen LogP contribution is 2.28. The number of H-pyrrole nitrogens is 1. The zero-order chi connectivity index (χ0) is 22.1. The molecular formula is C23H27FN4O2S. The highest BCUT2D eigenvalue weighted by Gasteiger charge is 2.08. The second-order valence-corrected chi connectivity index (χ2v) is 7.51. The summed E-state index contributed by atoms with van der Waals surface area (Å²) in [4.78, 5) is 0. The summed E-state index contributed by atoms with van der Waals surface area (Å²) in [5, 5.41) is 11.5. The van der Waals surface area contributed by atoms with Crippen LogP contribution < -0.4 is 9.47 Å². The van der Waals surface area contributed by atoms with Crippen LogP contribution in [0.2, 0.25) is 0 Å². The molecule has 0 radical (unpaired) electrons. The van der Waals surface area contributed by atoms with Gasteiger partial charge in [-0.15, -0.1) is 0 Å². The Morgan fingerprint density at radius 3 is 2.68 bits per heavy atom. The smallest absolute Gasteiger partial charge is 0.216 e. The Morgan fingerprint density at radius 2 is 1.94 bits per heavy atom. The van der Waals surface area contributed by atoms with Gasteiger partial charge in [-0.1, -0.05) is 38.3 Å². The maximum Gasteiger partial charge on any atom is 0.216 e. The van der Waals surface area contributed by atoms with E-state index in [0.717, 1.165) is 24.0 Å². The lowest BCUT2D eigenvalue weighted by Gasteiger charge is -2.11. The van der Waals surface area contributed by atoms with Crippen LogP contribution in [0.5, 0.6) is 11.5 Å². The van der Waals surface area contributed by atoms with Crippen LogP contribution >= 0.6 is 12.2 Å². The van der Waals surface area contributed by atoms with Crippen molar-refractivity contribution in [1.82, 2.24) is 14.9 Å². The third kappa shape index (κ3) is 6.49. The number of aromatic amines is 1. The van der Waals surface area contributed by atoms with Crippen LogP contribution in [0.1, 0.15) is 49.6 Å². The van der Waals surface area contributed by atoms with Crippen LogP contribution in [0.4, 0.5) is 4.39 Å². The summed E-state index contributed by atoms with van der Waals surface area (Å²) in [5.41, 5.74) is 1.75. The molecule has 0 aliphatic carbocycles. The van der Waals surface area contributed by atoms with Gasteiger partial charge in [0, 0.05) is 6.42 Å². The van der Waals surface area contributed by atoms with Crippen LogP contribution in [0, 0.1) is 10.6 Å². The molecule has 0 bridgehead atoms. The highest BCUT2D eigenvalue weighted by molar-refractivity contribution is 7.71. The fourth-order valence-electron chi connectivity index (χ4n) is 3.06. The maximum atomic E-state index is 13.1. The van der Waals surface area contributed by atoms with Gasteiger partial charge in [0.15, 0.2) is 17.3 Å². The Labute approximate surface area is 186 Å². The van der Waals surface area contributed by atoms with Crippen molar-refractivity contribution >= 4 is 18.4 Å². The molecule has 8 heteroatoms. The van der Waals surface area contributed by atoms with Gasteiger partial charge in [0.05, 0.1) is 19.9 Å². The molecule has 3 rings (SSSR count). The lowest BCUT2D eigenvalue weighted by molar-refractivity contribution is 0.285. The van der Waals surface area contributed by atoms with E-state index in [9.17, 15) is 4.39 Å². The van der Waals surface area contributed by atoms with Crippen molar-refractivity contribution in [2.24, 2.45) is 5.10 Å². The van der Waals surface area contributed by atoms with Crippen molar-refractivity contribution < 1.29 is 13.9 Å². The van der Waals surface area contributed by atoms with Crippen molar-refractivity contribution in [2.75, 3.05) is 13.7 Å². The molecule has 1 N–H and O–H groups in total. The van der Waals surface area contributed by atoms with Gasteiger partial charge in [-0.05, 0) is 60.1 Å². The summed E-state index contributed by atoms with van der Waals surface area (Å²) in [5.74, 6) is 1.73. The molecule has 1 aromatic heterocycles. The molecule has 31 heavy (non-hydrogen) atoms. The van der Waals surface area contributed by atoms with Gasteiger partial charge in [0.25, 0.3) is 0 Å². The monoisotopic (exact) mass is 442 g/mol. The first kappa shape index (κ1) is 22.7. The van der Waals surface area contributed by atoms with Gasteiger partial charge in [-0.2, -0.15) is 14.9 Å². The third-order valence-electron chi connectivity index (χ3n) is 4.76. The molecule has 1 heterocycles. The Morgan fingerprint density at radius 1 is 1.13 bits per heavy atom. The minimum atomic E-state index is -0.275. The van der Waals surface area contributed by atoms with Gasteiger partial charge in [0.1, 0.15) is 5.82 Å². The second kappa shape index (κ2) is 11.4. The lowest BCUT2D eigenvalue weighted by Crippen LogP contribution is -2.01. The molecule has 0 aliphatic rings. The lowest BCUT2D eigenvalue weighted by atomic mass is 10.1. The minimum absolute atomic E-state index is 0.275. The number of aromatic nitrogens is 3. The molecule has 0 unspecified atom stereocenters. The molecule has 164 valence electrons.